The Balaban J connectivity index is 2.06. The maximum atomic E-state index is 5.78. The van der Waals surface area contributed by atoms with E-state index in [2.05, 4.69) is 16.9 Å². The molecule has 1 aliphatic carbocycles. The first-order chi connectivity index (χ1) is 5.79. The van der Waals surface area contributed by atoms with E-state index in [1.54, 1.807) is 12.5 Å². The minimum atomic E-state index is 0.296. The molecule has 0 aromatic carbocycles. The number of aromatic nitrogens is 2. The van der Waals surface area contributed by atoms with Crippen molar-refractivity contribution in [1.29, 1.82) is 0 Å². The maximum absolute atomic E-state index is 5.78. The molecule has 1 aromatic heterocycles. The van der Waals surface area contributed by atoms with Gasteiger partial charge in [0.2, 0.25) is 0 Å². The van der Waals surface area contributed by atoms with Gasteiger partial charge in [-0.15, -0.1) is 0 Å². The summed E-state index contributed by atoms with van der Waals surface area (Å²) < 4.78 is 0. The number of hydrogen-bond donors (Lipinski definition) is 1. The van der Waals surface area contributed by atoms with Crippen molar-refractivity contribution >= 4 is 0 Å². The van der Waals surface area contributed by atoms with Crippen molar-refractivity contribution in [2.45, 2.75) is 25.3 Å². The zero-order valence-corrected chi connectivity index (χ0v) is 7.14. The van der Waals surface area contributed by atoms with Crippen molar-refractivity contribution in [3.63, 3.8) is 0 Å². The van der Waals surface area contributed by atoms with Gasteiger partial charge in [-0.25, -0.2) is 9.97 Å². The Kier molecular flexibility index (Phi) is 1.81. The molecule has 0 saturated heterocycles. The van der Waals surface area contributed by atoms with Gasteiger partial charge in [0, 0.05) is 23.9 Å². The summed E-state index contributed by atoms with van der Waals surface area (Å²) >= 11 is 0. The number of hydrogen-bond acceptors (Lipinski definition) is 3. The number of nitrogens with two attached hydrogens (primary N) is 1. The van der Waals surface area contributed by atoms with E-state index in [0.29, 0.717) is 17.9 Å². The lowest BCUT2D eigenvalue weighted by atomic mass is 10.1. The van der Waals surface area contributed by atoms with E-state index in [-0.39, 0.29) is 0 Å². The van der Waals surface area contributed by atoms with Crippen molar-refractivity contribution in [3.05, 3.63) is 24.3 Å². The molecule has 3 unspecified atom stereocenters. The third kappa shape index (κ3) is 1.32. The molecule has 1 heterocycles. The average molecular weight is 163 g/mol. The molecule has 3 nitrogen and oxygen atoms in total. The highest BCUT2D eigenvalue weighted by Gasteiger charge is 2.41. The lowest BCUT2D eigenvalue weighted by Gasteiger charge is -2.01. The van der Waals surface area contributed by atoms with Crippen LogP contribution in [-0.4, -0.2) is 16.0 Å². The molecule has 2 N–H and O–H groups in total. The van der Waals surface area contributed by atoms with Gasteiger partial charge < -0.3 is 5.73 Å². The summed E-state index contributed by atoms with van der Waals surface area (Å²) in [7, 11) is 0. The second-order valence-electron chi connectivity index (χ2n) is 3.50. The van der Waals surface area contributed by atoms with Crippen LogP contribution in [0.2, 0.25) is 0 Å². The van der Waals surface area contributed by atoms with Crippen molar-refractivity contribution in [3.8, 4) is 0 Å². The smallest absolute Gasteiger partial charge is 0.115 e. The summed E-state index contributed by atoms with van der Waals surface area (Å²) in [5.41, 5.74) is 6.93. The van der Waals surface area contributed by atoms with Crippen LogP contribution >= 0.6 is 0 Å². The molecular weight excluding hydrogens is 150 g/mol. The molecule has 1 fully saturated rings. The standard InChI is InChI=1S/C9H13N3/c1-6(10)7-4-8(7)9-2-3-11-5-12-9/h2-3,5-8H,4,10H2,1H3. The summed E-state index contributed by atoms with van der Waals surface area (Å²) in [5.74, 6) is 1.23. The van der Waals surface area contributed by atoms with E-state index in [1.807, 2.05) is 6.07 Å². The Bertz CT molecular complexity index is 258. The predicted molar refractivity (Wildman–Crippen MR) is 46.5 cm³/mol. The Morgan fingerprint density at radius 3 is 3.00 bits per heavy atom. The first-order valence-corrected chi connectivity index (χ1v) is 4.30. The fraction of sp³-hybridized carbons (Fsp3) is 0.556. The molecule has 0 radical (unpaired) electrons. The fourth-order valence-electron chi connectivity index (χ4n) is 1.66. The third-order valence-corrected chi connectivity index (χ3v) is 2.50. The highest BCUT2D eigenvalue weighted by Crippen LogP contribution is 2.47. The summed E-state index contributed by atoms with van der Waals surface area (Å²) in [6.45, 7) is 2.06. The normalized spacial score (nSPS) is 29.8. The molecule has 1 saturated carbocycles. The molecule has 0 amide bonds. The Labute approximate surface area is 72.0 Å². The summed E-state index contributed by atoms with van der Waals surface area (Å²) in [6.07, 6.45) is 4.58. The summed E-state index contributed by atoms with van der Waals surface area (Å²) in [5, 5.41) is 0. The highest BCUT2D eigenvalue weighted by molar-refractivity contribution is 5.17. The number of nitrogens with zero attached hydrogens (tertiary/aromatic N) is 2. The Morgan fingerprint density at radius 1 is 1.67 bits per heavy atom. The van der Waals surface area contributed by atoms with Crippen molar-refractivity contribution in [2.75, 3.05) is 0 Å². The first kappa shape index (κ1) is 7.68. The van der Waals surface area contributed by atoms with E-state index in [0.717, 1.165) is 5.69 Å². The quantitative estimate of drug-likeness (QED) is 0.705. The van der Waals surface area contributed by atoms with Crippen molar-refractivity contribution in [2.24, 2.45) is 11.7 Å². The van der Waals surface area contributed by atoms with Gasteiger partial charge >= 0.3 is 0 Å². The second kappa shape index (κ2) is 2.83. The van der Waals surface area contributed by atoms with E-state index < -0.39 is 0 Å². The SMILES string of the molecule is CC(N)C1CC1c1ccncn1. The van der Waals surface area contributed by atoms with Crippen LogP contribution in [0.1, 0.15) is 25.0 Å². The predicted octanol–water partition coefficient (Wildman–Crippen LogP) is 0.927. The molecule has 0 aliphatic heterocycles. The molecule has 1 aliphatic rings. The molecular formula is C9H13N3. The van der Waals surface area contributed by atoms with Crippen LogP contribution in [0.25, 0.3) is 0 Å². The zero-order chi connectivity index (χ0) is 8.55. The topological polar surface area (TPSA) is 51.8 Å². The fourth-order valence-corrected chi connectivity index (χ4v) is 1.66. The molecule has 0 bridgehead atoms. The lowest BCUT2D eigenvalue weighted by Crippen LogP contribution is -2.18. The van der Waals surface area contributed by atoms with Gasteiger partial charge in [0.25, 0.3) is 0 Å². The van der Waals surface area contributed by atoms with Crippen LogP contribution in [0.5, 0.6) is 0 Å². The van der Waals surface area contributed by atoms with E-state index in [1.165, 1.54) is 6.42 Å². The van der Waals surface area contributed by atoms with Crippen molar-refractivity contribution in [1.82, 2.24) is 9.97 Å². The van der Waals surface area contributed by atoms with E-state index in [9.17, 15) is 0 Å². The van der Waals surface area contributed by atoms with Crippen LogP contribution in [0, 0.1) is 5.92 Å². The number of rotatable bonds is 2. The first-order valence-electron chi connectivity index (χ1n) is 4.30. The minimum absolute atomic E-state index is 0.296. The second-order valence-corrected chi connectivity index (χ2v) is 3.50. The van der Waals surface area contributed by atoms with Gasteiger partial charge in [-0.3, -0.25) is 0 Å². The molecule has 12 heavy (non-hydrogen) atoms. The highest BCUT2D eigenvalue weighted by atomic mass is 14.8. The van der Waals surface area contributed by atoms with E-state index >= 15 is 0 Å². The molecule has 64 valence electrons. The molecule has 2 rings (SSSR count). The van der Waals surface area contributed by atoms with E-state index in [4.69, 9.17) is 5.73 Å². The Morgan fingerprint density at radius 2 is 2.50 bits per heavy atom. The largest absolute Gasteiger partial charge is 0.328 e. The van der Waals surface area contributed by atoms with Crippen LogP contribution in [0.15, 0.2) is 18.6 Å². The summed E-state index contributed by atoms with van der Waals surface area (Å²) in [4.78, 5) is 8.09. The average Bonchev–Trinajstić information content (AvgIpc) is 2.84. The van der Waals surface area contributed by atoms with Gasteiger partial charge in [-0.05, 0) is 25.3 Å². The van der Waals surface area contributed by atoms with Crippen LogP contribution in [0.4, 0.5) is 0 Å². The van der Waals surface area contributed by atoms with Crippen LogP contribution in [-0.2, 0) is 0 Å². The lowest BCUT2D eigenvalue weighted by molar-refractivity contribution is 0.627. The molecule has 1 aromatic rings. The van der Waals surface area contributed by atoms with Gasteiger partial charge in [0.05, 0.1) is 0 Å². The molecule has 3 atom stereocenters. The van der Waals surface area contributed by atoms with Gasteiger partial charge in [-0.2, -0.15) is 0 Å². The minimum Gasteiger partial charge on any atom is -0.328 e. The zero-order valence-electron chi connectivity index (χ0n) is 7.14. The third-order valence-electron chi connectivity index (χ3n) is 2.50. The van der Waals surface area contributed by atoms with Gasteiger partial charge in [0.1, 0.15) is 6.33 Å². The maximum Gasteiger partial charge on any atom is 0.115 e. The Hall–Kier alpha value is -0.960. The van der Waals surface area contributed by atoms with Crippen LogP contribution < -0.4 is 5.73 Å². The summed E-state index contributed by atoms with van der Waals surface area (Å²) in [6, 6.07) is 2.28. The monoisotopic (exact) mass is 163 g/mol. The van der Waals surface area contributed by atoms with Crippen LogP contribution in [0.3, 0.4) is 0 Å². The van der Waals surface area contributed by atoms with Gasteiger partial charge in [-0.1, -0.05) is 0 Å². The molecule has 3 heteroatoms. The van der Waals surface area contributed by atoms with Crippen molar-refractivity contribution < 1.29 is 0 Å². The molecule has 0 spiro atoms. The van der Waals surface area contributed by atoms with Gasteiger partial charge in [0.15, 0.2) is 0 Å².